The number of rotatable bonds is 8. The first-order chi connectivity index (χ1) is 16.8. The van der Waals surface area contributed by atoms with Crippen LogP contribution in [-0.4, -0.2) is 31.4 Å². The van der Waals surface area contributed by atoms with Crippen molar-refractivity contribution in [2.45, 2.75) is 11.4 Å². The number of nitrogens with one attached hydrogen (secondary N) is 1. The molecule has 0 saturated carbocycles. The molecule has 0 fully saturated rings. The molecule has 0 radical (unpaired) electrons. The van der Waals surface area contributed by atoms with Crippen LogP contribution in [0.3, 0.4) is 0 Å². The third kappa shape index (κ3) is 5.92. The molecule has 0 atom stereocenters. The smallest absolute Gasteiger partial charge is 0.255 e. The van der Waals surface area contributed by atoms with Crippen LogP contribution in [0.5, 0.6) is 0 Å². The minimum atomic E-state index is -4.14. The first kappa shape index (κ1) is 24.5. The lowest BCUT2D eigenvalue weighted by Gasteiger charge is -2.21. The molecule has 0 aliphatic rings. The second kappa shape index (κ2) is 10.8. The van der Waals surface area contributed by atoms with E-state index in [0.717, 1.165) is 20.6 Å². The van der Waals surface area contributed by atoms with Crippen molar-refractivity contribution >= 4 is 44.5 Å². The summed E-state index contributed by atoms with van der Waals surface area (Å²) in [6.45, 7) is -0.899. The summed E-state index contributed by atoms with van der Waals surface area (Å²) in [5.41, 5.74) is 3.30. The molecule has 0 aromatic heterocycles. The van der Waals surface area contributed by atoms with Crippen LogP contribution >= 0.6 is 11.6 Å². The van der Waals surface area contributed by atoms with Gasteiger partial charge in [-0.2, -0.15) is 9.41 Å². The van der Waals surface area contributed by atoms with E-state index in [1.807, 2.05) is 42.5 Å². The third-order valence-electron chi connectivity index (χ3n) is 5.29. The van der Waals surface area contributed by atoms with Gasteiger partial charge < -0.3 is 0 Å². The number of nitrogens with zero attached hydrogens (tertiary/aromatic N) is 2. The molecule has 178 valence electrons. The standard InChI is InChI=1S/C26H21ClFN3O3S/c27-22-12-14-23(15-13-22)35(33,34)31(17-21-7-2-4-11-25(21)28)18-26(32)30-29-16-20-9-5-8-19-6-1-3-10-24(19)20/h1-16H,17-18H2,(H,30,32)/b29-16-. The van der Waals surface area contributed by atoms with Crippen LogP contribution in [0.1, 0.15) is 11.1 Å². The monoisotopic (exact) mass is 509 g/mol. The number of hydrazone groups is 1. The number of carbonyl (C=O) groups excluding carboxylic acids is 1. The minimum Gasteiger partial charge on any atom is -0.272 e. The Morgan fingerprint density at radius 1 is 0.943 bits per heavy atom. The third-order valence-corrected chi connectivity index (χ3v) is 7.35. The average Bonchev–Trinajstić information content (AvgIpc) is 2.85. The highest BCUT2D eigenvalue weighted by atomic mass is 35.5. The van der Waals surface area contributed by atoms with Crippen molar-refractivity contribution in [3.05, 3.63) is 113 Å². The molecule has 0 bridgehead atoms. The molecule has 9 heteroatoms. The van der Waals surface area contributed by atoms with Crippen molar-refractivity contribution in [3.63, 3.8) is 0 Å². The molecule has 1 amide bonds. The Morgan fingerprint density at radius 3 is 2.40 bits per heavy atom. The quantitative estimate of drug-likeness (QED) is 0.269. The van der Waals surface area contributed by atoms with E-state index in [1.54, 1.807) is 6.07 Å². The average molecular weight is 510 g/mol. The zero-order valence-electron chi connectivity index (χ0n) is 18.4. The molecule has 6 nitrogen and oxygen atoms in total. The molecule has 0 spiro atoms. The van der Waals surface area contributed by atoms with Crippen molar-refractivity contribution in [1.29, 1.82) is 0 Å². The van der Waals surface area contributed by atoms with E-state index < -0.39 is 28.3 Å². The van der Waals surface area contributed by atoms with Crippen LogP contribution < -0.4 is 5.43 Å². The molecule has 4 rings (SSSR count). The fraction of sp³-hybridized carbons (Fsp3) is 0.0769. The Kier molecular flexibility index (Phi) is 7.55. The first-order valence-electron chi connectivity index (χ1n) is 10.6. The van der Waals surface area contributed by atoms with Crippen LogP contribution in [0.15, 0.2) is 101 Å². The molecule has 0 aliphatic carbocycles. The fourth-order valence-corrected chi connectivity index (χ4v) is 5.03. The lowest BCUT2D eigenvalue weighted by molar-refractivity contribution is -0.121. The summed E-state index contributed by atoms with van der Waals surface area (Å²) >= 11 is 5.88. The van der Waals surface area contributed by atoms with Gasteiger partial charge in [0.15, 0.2) is 0 Å². The van der Waals surface area contributed by atoms with Crippen molar-refractivity contribution in [3.8, 4) is 0 Å². The normalized spacial score (nSPS) is 11.9. The maximum Gasteiger partial charge on any atom is 0.255 e. The number of benzene rings is 4. The van der Waals surface area contributed by atoms with E-state index in [4.69, 9.17) is 11.6 Å². The molecule has 0 saturated heterocycles. The van der Waals surface area contributed by atoms with Crippen molar-refractivity contribution in [2.24, 2.45) is 5.10 Å². The van der Waals surface area contributed by atoms with Gasteiger partial charge in [0.2, 0.25) is 10.0 Å². The Balaban J connectivity index is 1.55. The highest BCUT2D eigenvalue weighted by molar-refractivity contribution is 7.89. The highest BCUT2D eigenvalue weighted by Crippen LogP contribution is 2.21. The number of sulfonamides is 1. The molecule has 0 aliphatic heterocycles. The Morgan fingerprint density at radius 2 is 1.63 bits per heavy atom. The summed E-state index contributed by atoms with van der Waals surface area (Å²) in [6.07, 6.45) is 1.50. The second-order valence-corrected chi connectivity index (χ2v) is 10.1. The topological polar surface area (TPSA) is 78.8 Å². The maximum absolute atomic E-state index is 14.3. The zero-order chi connectivity index (χ0) is 24.8. The lowest BCUT2D eigenvalue weighted by Crippen LogP contribution is -2.39. The van der Waals surface area contributed by atoms with E-state index in [2.05, 4.69) is 10.5 Å². The number of carbonyl (C=O) groups is 1. The van der Waals surface area contributed by atoms with Gasteiger partial charge in [-0.25, -0.2) is 18.2 Å². The van der Waals surface area contributed by atoms with E-state index in [1.165, 1.54) is 48.7 Å². The number of fused-ring (bicyclic) bond motifs is 1. The number of halogens is 2. The van der Waals surface area contributed by atoms with Gasteiger partial charge in [0.25, 0.3) is 5.91 Å². The Labute approximate surface area is 207 Å². The van der Waals surface area contributed by atoms with E-state index in [9.17, 15) is 17.6 Å². The summed E-state index contributed by atoms with van der Waals surface area (Å²) < 4.78 is 41.7. The molecular formula is C26H21ClFN3O3S. The van der Waals surface area contributed by atoms with Crippen LogP contribution in [0.4, 0.5) is 4.39 Å². The van der Waals surface area contributed by atoms with Crippen molar-refractivity contribution in [2.75, 3.05) is 6.54 Å². The van der Waals surface area contributed by atoms with Gasteiger partial charge in [-0.15, -0.1) is 0 Å². The molecule has 0 unspecified atom stereocenters. The van der Waals surface area contributed by atoms with Crippen molar-refractivity contribution < 1.29 is 17.6 Å². The van der Waals surface area contributed by atoms with Crippen LogP contribution in [0.25, 0.3) is 10.8 Å². The fourth-order valence-electron chi connectivity index (χ4n) is 3.53. The van der Waals surface area contributed by atoms with E-state index >= 15 is 0 Å². The van der Waals surface area contributed by atoms with Crippen LogP contribution in [0, 0.1) is 5.82 Å². The minimum absolute atomic E-state index is 0.0645. The van der Waals surface area contributed by atoms with Gasteiger partial charge in [0, 0.05) is 22.7 Å². The molecule has 0 heterocycles. The predicted molar refractivity (Wildman–Crippen MR) is 135 cm³/mol. The van der Waals surface area contributed by atoms with Gasteiger partial charge in [-0.3, -0.25) is 4.79 Å². The predicted octanol–water partition coefficient (Wildman–Crippen LogP) is 4.97. The van der Waals surface area contributed by atoms with Gasteiger partial charge in [-0.1, -0.05) is 72.3 Å². The number of hydrogen-bond donors (Lipinski definition) is 1. The van der Waals surface area contributed by atoms with Gasteiger partial charge in [0.05, 0.1) is 17.7 Å². The molecule has 1 N–H and O–H groups in total. The lowest BCUT2D eigenvalue weighted by atomic mass is 10.1. The SMILES string of the molecule is O=C(CN(Cc1ccccc1F)S(=O)(=O)c1ccc(Cl)cc1)N/N=C\c1cccc2ccccc12. The van der Waals surface area contributed by atoms with Gasteiger partial charge >= 0.3 is 0 Å². The molecular weight excluding hydrogens is 489 g/mol. The largest absolute Gasteiger partial charge is 0.272 e. The first-order valence-corrected chi connectivity index (χ1v) is 12.5. The second-order valence-electron chi connectivity index (χ2n) is 7.68. The summed E-state index contributed by atoms with van der Waals surface area (Å²) in [7, 11) is -4.14. The molecule has 4 aromatic carbocycles. The van der Waals surface area contributed by atoms with Gasteiger partial charge in [0.1, 0.15) is 5.82 Å². The van der Waals surface area contributed by atoms with E-state index in [-0.39, 0.29) is 17.0 Å². The highest BCUT2D eigenvalue weighted by Gasteiger charge is 2.27. The molecule has 35 heavy (non-hydrogen) atoms. The summed E-state index contributed by atoms with van der Waals surface area (Å²) in [5.74, 6) is -1.24. The summed E-state index contributed by atoms with van der Waals surface area (Å²) in [5, 5.41) is 6.34. The number of hydrogen-bond acceptors (Lipinski definition) is 4. The Bertz CT molecular complexity index is 1490. The number of amides is 1. The van der Waals surface area contributed by atoms with Crippen molar-refractivity contribution in [1.82, 2.24) is 9.73 Å². The summed E-state index contributed by atoms with van der Waals surface area (Å²) in [6, 6.07) is 24.8. The van der Waals surface area contributed by atoms with E-state index in [0.29, 0.717) is 5.02 Å². The van der Waals surface area contributed by atoms with Crippen LogP contribution in [-0.2, 0) is 21.4 Å². The van der Waals surface area contributed by atoms with Crippen LogP contribution in [0.2, 0.25) is 5.02 Å². The van der Waals surface area contributed by atoms with Gasteiger partial charge in [-0.05, 0) is 41.1 Å². The maximum atomic E-state index is 14.3. The molecule has 4 aromatic rings. The summed E-state index contributed by atoms with van der Waals surface area (Å²) in [4.78, 5) is 12.6. The zero-order valence-corrected chi connectivity index (χ0v) is 20.0. The Hall–Kier alpha value is -3.59.